The van der Waals surface area contributed by atoms with Gasteiger partial charge >= 0.3 is 6.03 Å². The maximum absolute atomic E-state index is 13.0. The minimum Gasteiger partial charge on any atom is -0.548 e. The van der Waals surface area contributed by atoms with Crippen LogP contribution in [0.5, 0.6) is 0 Å². The van der Waals surface area contributed by atoms with E-state index in [2.05, 4.69) is 10.6 Å². The van der Waals surface area contributed by atoms with Gasteiger partial charge in [0.1, 0.15) is 0 Å². The molecule has 8 heteroatoms. The Morgan fingerprint density at radius 1 is 0.861 bits per heavy atom. The van der Waals surface area contributed by atoms with Gasteiger partial charge in [0.25, 0.3) is 0 Å². The number of benzene rings is 3. The van der Waals surface area contributed by atoms with Crippen molar-refractivity contribution in [3.63, 3.8) is 0 Å². The van der Waals surface area contributed by atoms with Crippen LogP contribution < -0.4 is 15.7 Å². The summed E-state index contributed by atoms with van der Waals surface area (Å²) in [7, 11) is 0. The van der Waals surface area contributed by atoms with Gasteiger partial charge in [-0.3, -0.25) is 9.59 Å². The van der Waals surface area contributed by atoms with E-state index in [-0.39, 0.29) is 25.2 Å². The first-order valence-electron chi connectivity index (χ1n) is 11.7. The van der Waals surface area contributed by atoms with E-state index < -0.39 is 30.0 Å². The van der Waals surface area contributed by atoms with Gasteiger partial charge in [-0.05, 0) is 36.1 Å². The first-order valence-corrected chi connectivity index (χ1v) is 11.7. The molecule has 0 saturated carbocycles. The third-order valence-electron chi connectivity index (χ3n) is 6.18. The summed E-state index contributed by atoms with van der Waals surface area (Å²) in [6, 6.07) is 23.0. The van der Waals surface area contributed by atoms with Crippen LogP contribution in [0.25, 0.3) is 0 Å². The Hall–Kier alpha value is -4.46. The van der Waals surface area contributed by atoms with Crippen molar-refractivity contribution in [1.29, 1.82) is 0 Å². The molecule has 2 atom stereocenters. The van der Waals surface area contributed by atoms with Crippen molar-refractivity contribution in [2.24, 2.45) is 0 Å². The Balaban J connectivity index is 1.36. The van der Waals surface area contributed by atoms with E-state index >= 15 is 0 Å². The van der Waals surface area contributed by atoms with Crippen LogP contribution in [0.4, 0.5) is 10.5 Å². The van der Waals surface area contributed by atoms with E-state index in [9.17, 15) is 24.3 Å². The number of Topliss-reactive ketones (excluding diaryl/α,β-unsaturated/α-hetero) is 1. The summed E-state index contributed by atoms with van der Waals surface area (Å²) in [5.74, 6) is -1.92. The molecule has 0 bridgehead atoms. The van der Waals surface area contributed by atoms with Gasteiger partial charge in [-0.25, -0.2) is 4.79 Å². The molecule has 2 unspecified atom stereocenters. The molecular weight excluding hydrogens is 458 g/mol. The molecule has 1 aliphatic heterocycles. The molecule has 1 aliphatic rings. The highest BCUT2D eigenvalue weighted by Crippen LogP contribution is 2.35. The summed E-state index contributed by atoms with van der Waals surface area (Å²) in [4.78, 5) is 51.0. The predicted octanol–water partition coefficient (Wildman–Crippen LogP) is 2.72. The molecule has 0 spiro atoms. The maximum Gasteiger partial charge on any atom is 0.319 e. The van der Waals surface area contributed by atoms with Crippen LogP contribution >= 0.6 is 0 Å². The molecule has 0 aromatic heterocycles. The fourth-order valence-electron chi connectivity index (χ4n) is 4.47. The second-order valence-electron chi connectivity index (χ2n) is 8.61. The summed E-state index contributed by atoms with van der Waals surface area (Å²) in [6.45, 7) is -0.383. The minimum atomic E-state index is -1.32. The van der Waals surface area contributed by atoms with Gasteiger partial charge in [-0.2, -0.15) is 0 Å². The summed E-state index contributed by atoms with van der Waals surface area (Å²) in [5.41, 5.74) is 2.57. The lowest BCUT2D eigenvalue weighted by Gasteiger charge is -2.31. The SMILES string of the molecule is O=C(NCC(=O)N1C(C(=O)[O-])CCC1c1ccccc1)Nc1cccc(C(=O)Cc2ccccc2)c1. The maximum atomic E-state index is 13.0. The lowest BCUT2D eigenvalue weighted by atomic mass is 10.0. The first kappa shape index (κ1) is 24.7. The first-order chi connectivity index (χ1) is 17.4. The lowest BCUT2D eigenvalue weighted by Crippen LogP contribution is -2.50. The Bertz CT molecular complexity index is 1250. The number of nitrogens with zero attached hydrogens (tertiary/aromatic N) is 1. The molecule has 0 radical (unpaired) electrons. The number of hydrogen-bond donors (Lipinski definition) is 2. The number of hydrogen-bond acceptors (Lipinski definition) is 5. The largest absolute Gasteiger partial charge is 0.548 e. The molecule has 0 aliphatic carbocycles. The molecular formula is C28H26N3O5-. The molecule has 2 N–H and O–H groups in total. The molecule has 184 valence electrons. The zero-order valence-electron chi connectivity index (χ0n) is 19.6. The minimum absolute atomic E-state index is 0.0882. The van der Waals surface area contributed by atoms with Gasteiger partial charge in [0.05, 0.1) is 24.6 Å². The van der Waals surface area contributed by atoms with E-state index in [1.54, 1.807) is 24.3 Å². The third kappa shape index (κ3) is 5.96. The standard InChI is InChI=1S/C28H27N3O5/c32-25(16-19-8-3-1-4-9-19)21-12-7-13-22(17-21)30-28(36)29-18-26(33)31-23(14-15-24(31)27(34)35)20-10-5-2-6-11-20/h1-13,17,23-24H,14-16,18H2,(H,34,35)(H2,29,30,36)/p-1. The third-order valence-corrected chi connectivity index (χ3v) is 6.18. The zero-order valence-corrected chi connectivity index (χ0v) is 19.6. The predicted molar refractivity (Wildman–Crippen MR) is 132 cm³/mol. The lowest BCUT2D eigenvalue weighted by molar-refractivity contribution is -0.310. The van der Waals surface area contributed by atoms with Gasteiger partial charge in [0.2, 0.25) is 5.91 Å². The van der Waals surface area contributed by atoms with Crippen molar-refractivity contribution in [2.75, 3.05) is 11.9 Å². The van der Waals surface area contributed by atoms with Crippen LogP contribution in [0, 0.1) is 0 Å². The van der Waals surface area contributed by atoms with Gasteiger partial charge < -0.3 is 25.4 Å². The molecule has 8 nitrogen and oxygen atoms in total. The van der Waals surface area contributed by atoms with Gasteiger partial charge in [0.15, 0.2) is 5.78 Å². The highest BCUT2D eigenvalue weighted by Gasteiger charge is 2.38. The number of urea groups is 1. The number of carboxylic acid groups (broad SMARTS) is 1. The fraction of sp³-hybridized carbons (Fsp3) is 0.214. The van der Waals surface area contributed by atoms with Crippen LogP contribution in [0.3, 0.4) is 0 Å². The zero-order chi connectivity index (χ0) is 25.5. The quantitative estimate of drug-likeness (QED) is 0.477. The Labute approximate surface area is 208 Å². The molecule has 1 fully saturated rings. The Morgan fingerprint density at radius 3 is 2.25 bits per heavy atom. The molecule has 1 heterocycles. The normalized spacial score (nSPS) is 16.8. The van der Waals surface area contributed by atoms with E-state index in [1.807, 2.05) is 60.7 Å². The molecule has 3 amide bonds. The number of anilines is 1. The van der Waals surface area contributed by atoms with E-state index in [1.165, 1.54) is 4.90 Å². The Kier molecular flexibility index (Phi) is 7.75. The van der Waals surface area contributed by atoms with Crippen LogP contribution in [-0.4, -0.2) is 41.2 Å². The van der Waals surface area contributed by atoms with E-state index in [0.717, 1.165) is 11.1 Å². The van der Waals surface area contributed by atoms with Crippen LogP contribution in [0.1, 0.15) is 40.4 Å². The van der Waals surface area contributed by atoms with Crippen molar-refractivity contribution in [3.05, 3.63) is 102 Å². The summed E-state index contributed by atoms with van der Waals surface area (Å²) in [5, 5.41) is 16.8. The molecule has 3 aromatic rings. The second kappa shape index (κ2) is 11.3. The number of aliphatic carboxylic acids is 1. The van der Waals surface area contributed by atoms with Crippen molar-refractivity contribution in [3.8, 4) is 0 Å². The number of nitrogens with one attached hydrogen (secondary N) is 2. The number of likely N-dealkylation sites (tertiary alicyclic amines) is 1. The summed E-state index contributed by atoms with van der Waals surface area (Å²) in [6.07, 6.45) is 1.01. The average Bonchev–Trinajstić information content (AvgIpc) is 3.34. The number of amides is 3. The molecule has 3 aromatic carbocycles. The van der Waals surface area contributed by atoms with Crippen molar-refractivity contribution < 1.29 is 24.3 Å². The number of ketones is 1. The highest BCUT2D eigenvalue weighted by molar-refractivity contribution is 5.99. The Morgan fingerprint density at radius 2 is 1.56 bits per heavy atom. The van der Waals surface area contributed by atoms with Gasteiger partial charge in [0, 0.05) is 17.7 Å². The summed E-state index contributed by atoms with van der Waals surface area (Å²) < 4.78 is 0. The molecule has 1 saturated heterocycles. The number of carbonyl (C=O) groups is 4. The van der Waals surface area contributed by atoms with Crippen molar-refractivity contribution in [2.45, 2.75) is 31.3 Å². The van der Waals surface area contributed by atoms with Crippen molar-refractivity contribution >= 4 is 29.4 Å². The molecule has 36 heavy (non-hydrogen) atoms. The van der Waals surface area contributed by atoms with Crippen molar-refractivity contribution in [1.82, 2.24) is 10.2 Å². The number of carbonyl (C=O) groups excluding carboxylic acids is 4. The van der Waals surface area contributed by atoms with Gasteiger partial charge in [-0.1, -0.05) is 72.8 Å². The number of rotatable bonds is 8. The highest BCUT2D eigenvalue weighted by atomic mass is 16.4. The van der Waals surface area contributed by atoms with Crippen LogP contribution in [0.2, 0.25) is 0 Å². The fourth-order valence-corrected chi connectivity index (χ4v) is 4.47. The average molecular weight is 485 g/mol. The van der Waals surface area contributed by atoms with Crippen LogP contribution in [-0.2, 0) is 16.0 Å². The van der Waals surface area contributed by atoms with Crippen LogP contribution in [0.15, 0.2) is 84.9 Å². The smallest absolute Gasteiger partial charge is 0.319 e. The second-order valence-corrected chi connectivity index (χ2v) is 8.61. The number of carboxylic acids is 1. The van der Waals surface area contributed by atoms with E-state index in [0.29, 0.717) is 17.7 Å². The monoisotopic (exact) mass is 484 g/mol. The topological polar surface area (TPSA) is 119 Å². The van der Waals surface area contributed by atoms with Gasteiger partial charge in [-0.15, -0.1) is 0 Å². The molecule has 4 rings (SSSR count). The summed E-state index contributed by atoms with van der Waals surface area (Å²) >= 11 is 0. The van der Waals surface area contributed by atoms with E-state index in [4.69, 9.17) is 0 Å².